The Kier molecular flexibility index (Phi) is 2.23. The van der Waals surface area contributed by atoms with Gasteiger partial charge >= 0.3 is 0 Å². The number of fused-ring (bicyclic) bond motifs is 1. The van der Waals surface area contributed by atoms with E-state index in [0.717, 1.165) is 5.56 Å². The summed E-state index contributed by atoms with van der Waals surface area (Å²) in [5.74, 6) is 0.774. The normalized spacial score (nSPS) is 20.2. The molecule has 1 aliphatic rings. The van der Waals surface area contributed by atoms with Gasteiger partial charge in [-0.2, -0.15) is 0 Å². The highest BCUT2D eigenvalue weighted by Crippen LogP contribution is 2.32. The fourth-order valence-corrected chi connectivity index (χ4v) is 1.76. The van der Waals surface area contributed by atoms with Gasteiger partial charge in [-0.15, -0.1) is 0 Å². The fraction of sp³-hybridized carbons (Fsp3) is 0.364. The molecule has 1 unspecified atom stereocenters. The first kappa shape index (κ1) is 9.53. The van der Waals surface area contributed by atoms with Crippen molar-refractivity contribution in [2.24, 2.45) is 0 Å². The summed E-state index contributed by atoms with van der Waals surface area (Å²) in [6.45, 7) is 3.79. The van der Waals surface area contributed by atoms with Crippen LogP contribution >= 0.6 is 11.6 Å². The molecule has 0 spiro atoms. The number of halogens is 1. The molecule has 1 heterocycles. The predicted molar refractivity (Wildman–Crippen MR) is 55.2 cm³/mol. The lowest BCUT2D eigenvalue weighted by molar-refractivity contribution is 0.0871. The average molecular weight is 211 g/mol. The lowest BCUT2D eigenvalue weighted by Gasteiger charge is -2.22. The molecule has 0 saturated carbocycles. The number of benzene rings is 1. The number of ether oxygens (including phenoxy) is 1. The Hall–Kier alpha value is -1.02. The zero-order valence-corrected chi connectivity index (χ0v) is 8.89. The Labute approximate surface area is 87.8 Å². The fourth-order valence-electron chi connectivity index (χ4n) is 1.60. The lowest BCUT2D eigenvalue weighted by Crippen LogP contribution is -2.23. The number of ketones is 1. The van der Waals surface area contributed by atoms with Gasteiger partial charge in [-0.05, 0) is 31.5 Å². The van der Waals surface area contributed by atoms with Crippen molar-refractivity contribution in [3.8, 4) is 5.75 Å². The van der Waals surface area contributed by atoms with Crippen molar-refractivity contribution in [1.29, 1.82) is 0 Å². The van der Waals surface area contributed by atoms with Gasteiger partial charge in [0.15, 0.2) is 5.78 Å². The van der Waals surface area contributed by atoms with E-state index in [1.165, 1.54) is 0 Å². The van der Waals surface area contributed by atoms with Crippen molar-refractivity contribution in [2.75, 3.05) is 0 Å². The molecule has 14 heavy (non-hydrogen) atoms. The van der Waals surface area contributed by atoms with Crippen LogP contribution in [-0.4, -0.2) is 11.9 Å². The molecule has 0 fully saturated rings. The van der Waals surface area contributed by atoms with E-state index in [1.54, 1.807) is 6.07 Å². The Morgan fingerprint density at radius 2 is 2.21 bits per heavy atom. The van der Waals surface area contributed by atoms with Crippen LogP contribution in [-0.2, 0) is 0 Å². The quantitative estimate of drug-likeness (QED) is 0.658. The minimum absolute atomic E-state index is 0.0319. The molecule has 0 bridgehead atoms. The number of aryl methyl sites for hydroxylation is 1. The topological polar surface area (TPSA) is 26.3 Å². The van der Waals surface area contributed by atoms with Gasteiger partial charge in [-0.1, -0.05) is 11.6 Å². The zero-order chi connectivity index (χ0) is 10.3. The number of Topliss-reactive ketones (excluding diaryl/α,β-unsaturated/α-hetero) is 1. The summed E-state index contributed by atoms with van der Waals surface area (Å²) in [4.78, 5) is 11.6. The summed E-state index contributed by atoms with van der Waals surface area (Å²) in [6, 6.07) is 3.52. The van der Waals surface area contributed by atoms with Crippen LogP contribution in [0.25, 0.3) is 0 Å². The zero-order valence-electron chi connectivity index (χ0n) is 8.13. The Morgan fingerprint density at radius 1 is 1.50 bits per heavy atom. The maximum Gasteiger partial charge on any atom is 0.170 e. The van der Waals surface area contributed by atoms with Gasteiger partial charge in [0.05, 0.1) is 5.56 Å². The second-order valence-corrected chi connectivity index (χ2v) is 4.06. The number of hydrogen-bond acceptors (Lipinski definition) is 2. The molecule has 1 aromatic rings. The maximum absolute atomic E-state index is 11.6. The van der Waals surface area contributed by atoms with Crippen LogP contribution in [0.3, 0.4) is 0 Å². The molecule has 0 saturated heterocycles. The van der Waals surface area contributed by atoms with Crippen LogP contribution in [0.5, 0.6) is 5.75 Å². The van der Waals surface area contributed by atoms with Crippen molar-refractivity contribution in [3.05, 3.63) is 28.3 Å². The van der Waals surface area contributed by atoms with Crippen molar-refractivity contribution >= 4 is 17.4 Å². The molecule has 2 rings (SSSR count). The molecule has 0 N–H and O–H groups in total. The highest BCUT2D eigenvalue weighted by Gasteiger charge is 2.24. The van der Waals surface area contributed by atoms with Crippen molar-refractivity contribution in [2.45, 2.75) is 26.4 Å². The predicted octanol–water partition coefficient (Wildman–Crippen LogP) is 3.00. The van der Waals surface area contributed by atoms with E-state index < -0.39 is 0 Å². The van der Waals surface area contributed by atoms with Crippen LogP contribution in [0.1, 0.15) is 29.3 Å². The van der Waals surface area contributed by atoms with Gasteiger partial charge < -0.3 is 4.74 Å². The molecule has 74 valence electrons. The van der Waals surface area contributed by atoms with Gasteiger partial charge in [0.25, 0.3) is 0 Å². The molecule has 0 aliphatic carbocycles. The summed E-state index contributed by atoms with van der Waals surface area (Å²) >= 11 is 5.94. The molecule has 0 amide bonds. The largest absolute Gasteiger partial charge is 0.489 e. The van der Waals surface area contributed by atoms with Gasteiger partial charge in [0, 0.05) is 11.4 Å². The highest BCUT2D eigenvalue weighted by atomic mass is 35.5. The van der Waals surface area contributed by atoms with E-state index in [1.807, 2.05) is 19.9 Å². The van der Waals surface area contributed by atoms with Crippen LogP contribution in [0.15, 0.2) is 12.1 Å². The molecular formula is C11H11ClO2. The van der Waals surface area contributed by atoms with E-state index in [0.29, 0.717) is 22.8 Å². The molecule has 1 aromatic carbocycles. The van der Waals surface area contributed by atoms with E-state index in [-0.39, 0.29) is 11.9 Å². The molecule has 1 aliphatic heterocycles. The SMILES string of the molecule is Cc1cc2c(cc1Cl)C(=O)CC(C)O2. The number of carbonyl (C=O) groups is 1. The number of carbonyl (C=O) groups excluding carboxylic acids is 1. The second kappa shape index (κ2) is 3.28. The van der Waals surface area contributed by atoms with Crippen LogP contribution in [0.2, 0.25) is 5.02 Å². The van der Waals surface area contributed by atoms with Crippen molar-refractivity contribution in [1.82, 2.24) is 0 Å². The number of hydrogen-bond donors (Lipinski definition) is 0. The van der Waals surface area contributed by atoms with Gasteiger partial charge in [0.2, 0.25) is 0 Å². The van der Waals surface area contributed by atoms with Crippen LogP contribution in [0.4, 0.5) is 0 Å². The average Bonchev–Trinajstić information content (AvgIpc) is 2.08. The second-order valence-electron chi connectivity index (χ2n) is 3.65. The monoisotopic (exact) mass is 210 g/mol. The first-order valence-electron chi connectivity index (χ1n) is 4.58. The van der Waals surface area contributed by atoms with E-state index in [4.69, 9.17) is 16.3 Å². The summed E-state index contributed by atoms with van der Waals surface area (Å²) in [7, 11) is 0. The van der Waals surface area contributed by atoms with Crippen LogP contribution < -0.4 is 4.74 Å². The first-order chi connectivity index (χ1) is 6.58. The van der Waals surface area contributed by atoms with E-state index in [2.05, 4.69) is 0 Å². The third-order valence-corrected chi connectivity index (χ3v) is 2.77. The minimum atomic E-state index is -0.0319. The smallest absolute Gasteiger partial charge is 0.170 e. The van der Waals surface area contributed by atoms with E-state index >= 15 is 0 Å². The van der Waals surface area contributed by atoms with Crippen molar-refractivity contribution in [3.63, 3.8) is 0 Å². The standard InChI is InChI=1S/C11H11ClO2/c1-6-3-11-8(5-9(6)12)10(13)4-7(2)14-11/h3,5,7H,4H2,1-2H3. The summed E-state index contributed by atoms with van der Waals surface area (Å²) < 4.78 is 5.56. The third-order valence-electron chi connectivity index (χ3n) is 2.36. The molecule has 1 atom stereocenters. The van der Waals surface area contributed by atoms with E-state index in [9.17, 15) is 4.79 Å². The molecule has 3 heteroatoms. The highest BCUT2D eigenvalue weighted by molar-refractivity contribution is 6.31. The first-order valence-corrected chi connectivity index (χ1v) is 4.95. The molecule has 0 radical (unpaired) electrons. The summed E-state index contributed by atoms with van der Waals surface area (Å²) in [5, 5.41) is 0.621. The molecular weight excluding hydrogens is 200 g/mol. The van der Waals surface area contributed by atoms with Crippen molar-refractivity contribution < 1.29 is 9.53 Å². The Balaban J connectivity index is 2.55. The van der Waals surface area contributed by atoms with Gasteiger partial charge in [-0.3, -0.25) is 4.79 Å². The van der Waals surface area contributed by atoms with Gasteiger partial charge in [-0.25, -0.2) is 0 Å². The Morgan fingerprint density at radius 3 is 2.93 bits per heavy atom. The third kappa shape index (κ3) is 1.50. The summed E-state index contributed by atoms with van der Waals surface area (Å²) in [6.07, 6.45) is 0.405. The van der Waals surface area contributed by atoms with Gasteiger partial charge in [0.1, 0.15) is 11.9 Å². The maximum atomic E-state index is 11.6. The van der Waals surface area contributed by atoms with Crippen LogP contribution in [0, 0.1) is 6.92 Å². The minimum Gasteiger partial charge on any atom is -0.489 e. The Bertz CT molecular complexity index is 399. The lowest BCUT2D eigenvalue weighted by atomic mass is 10.00. The molecule has 2 nitrogen and oxygen atoms in total. The number of rotatable bonds is 0. The summed E-state index contributed by atoms with van der Waals surface area (Å²) in [5.41, 5.74) is 1.55. The molecule has 0 aromatic heterocycles.